The van der Waals surface area contributed by atoms with Crippen LogP contribution in [0.3, 0.4) is 0 Å². The molecule has 2 bridgehead atoms. The molecule has 0 amide bonds. The Balaban J connectivity index is 1.73. The van der Waals surface area contributed by atoms with E-state index in [4.69, 9.17) is 0 Å². The van der Waals surface area contributed by atoms with Crippen molar-refractivity contribution in [2.75, 3.05) is 0 Å². The molecule has 0 atom stereocenters. The second kappa shape index (κ2) is 3.30. The van der Waals surface area contributed by atoms with Crippen molar-refractivity contribution in [1.29, 1.82) is 0 Å². The van der Waals surface area contributed by atoms with Gasteiger partial charge in [-0.25, -0.2) is 0 Å². The predicted molar refractivity (Wildman–Crippen MR) is 79.1 cm³/mol. The molecule has 0 unspecified atom stereocenters. The van der Waals surface area contributed by atoms with Crippen LogP contribution in [0.5, 0.6) is 0 Å². The van der Waals surface area contributed by atoms with E-state index in [1.807, 2.05) is 0 Å². The molecule has 0 heterocycles. The minimum absolute atomic E-state index is 0.531. The van der Waals surface area contributed by atoms with Crippen LogP contribution in [0.1, 0.15) is 37.7 Å². The first kappa shape index (κ1) is 10.3. The molecule has 2 saturated carbocycles. The van der Waals surface area contributed by atoms with Gasteiger partial charge in [-0.3, -0.25) is 0 Å². The summed E-state index contributed by atoms with van der Waals surface area (Å²) in [7, 11) is 0. The first-order chi connectivity index (χ1) is 9.37. The summed E-state index contributed by atoms with van der Waals surface area (Å²) in [5.41, 5.74) is 8.24. The van der Waals surface area contributed by atoms with Crippen molar-refractivity contribution in [3.63, 3.8) is 0 Å². The Kier molecular flexibility index (Phi) is 1.78. The fraction of sp³-hybridized carbons (Fsp3) is 0.368. The van der Waals surface area contributed by atoms with E-state index in [0.29, 0.717) is 5.41 Å². The van der Waals surface area contributed by atoms with Crippen LogP contribution in [0.15, 0.2) is 42.5 Å². The third-order valence-corrected chi connectivity index (χ3v) is 5.86. The standard InChI is InChI=1S/C19H18/c1-2-5-15-14(4-1)16-6-3-7-17(18(15)16)19-10-8-13(12-19)9-11-19/h1-7,13H,8-12H2. The highest BCUT2D eigenvalue weighted by Crippen LogP contribution is 2.60. The van der Waals surface area contributed by atoms with E-state index in [2.05, 4.69) is 42.5 Å². The Bertz CT molecular complexity index is 672. The van der Waals surface area contributed by atoms with Crippen molar-refractivity contribution in [2.45, 2.75) is 37.5 Å². The van der Waals surface area contributed by atoms with E-state index < -0.39 is 0 Å². The maximum Gasteiger partial charge on any atom is -0.00378 e. The fourth-order valence-corrected chi connectivity index (χ4v) is 4.95. The smallest absolute Gasteiger partial charge is 0.00378 e. The van der Waals surface area contributed by atoms with Crippen LogP contribution in [-0.2, 0) is 5.41 Å². The summed E-state index contributed by atoms with van der Waals surface area (Å²) in [5.74, 6) is 1.02. The lowest BCUT2D eigenvalue weighted by Crippen LogP contribution is -2.22. The van der Waals surface area contributed by atoms with Gasteiger partial charge in [-0.2, -0.15) is 0 Å². The Hall–Kier alpha value is -1.56. The Morgan fingerprint density at radius 2 is 1.53 bits per heavy atom. The highest BCUT2D eigenvalue weighted by atomic mass is 14.5. The SMILES string of the molecule is c1ccc2c(c1)-c1cccc(C34CCC(CC3)C4)c1-2. The molecule has 0 aromatic heterocycles. The molecular weight excluding hydrogens is 228 g/mol. The molecular formula is C19H18. The Labute approximate surface area is 114 Å². The van der Waals surface area contributed by atoms with E-state index in [0.717, 1.165) is 5.92 Å². The molecule has 0 nitrogen and oxygen atoms in total. The van der Waals surface area contributed by atoms with Crippen LogP contribution >= 0.6 is 0 Å². The summed E-state index contributed by atoms with van der Waals surface area (Å²) in [6, 6.07) is 15.9. The van der Waals surface area contributed by atoms with Gasteiger partial charge in [0, 0.05) is 0 Å². The number of benzene rings is 2. The molecule has 0 aliphatic heterocycles. The summed E-state index contributed by atoms with van der Waals surface area (Å²) < 4.78 is 0. The summed E-state index contributed by atoms with van der Waals surface area (Å²) >= 11 is 0. The zero-order valence-electron chi connectivity index (χ0n) is 11.2. The zero-order valence-corrected chi connectivity index (χ0v) is 11.2. The lowest BCUT2D eigenvalue weighted by molar-refractivity contribution is 0.420. The van der Waals surface area contributed by atoms with Gasteiger partial charge in [0.2, 0.25) is 0 Å². The predicted octanol–water partition coefficient (Wildman–Crippen LogP) is 5.17. The van der Waals surface area contributed by atoms with Crippen molar-refractivity contribution in [3.8, 4) is 22.3 Å². The first-order valence-corrected chi connectivity index (χ1v) is 7.61. The van der Waals surface area contributed by atoms with E-state index >= 15 is 0 Å². The molecule has 2 aromatic carbocycles. The first-order valence-electron chi connectivity index (χ1n) is 7.61. The zero-order chi connectivity index (χ0) is 12.4. The monoisotopic (exact) mass is 246 g/mol. The largest absolute Gasteiger partial charge is 0.0616 e. The average molecular weight is 246 g/mol. The summed E-state index contributed by atoms with van der Waals surface area (Å²) in [6.45, 7) is 0. The van der Waals surface area contributed by atoms with E-state index in [9.17, 15) is 0 Å². The lowest BCUT2D eigenvalue weighted by atomic mass is 9.68. The van der Waals surface area contributed by atoms with Crippen molar-refractivity contribution in [2.24, 2.45) is 5.92 Å². The number of hydrogen-bond acceptors (Lipinski definition) is 0. The molecule has 0 spiro atoms. The molecule has 19 heavy (non-hydrogen) atoms. The second-order valence-electron chi connectivity index (χ2n) is 6.70. The van der Waals surface area contributed by atoms with E-state index in [1.165, 1.54) is 48.8 Å². The molecule has 3 aliphatic rings. The molecule has 2 fully saturated rings. The van der Waals surface area contributed by atoms with Gasteiger partial charge in [0.15, 0.2) is 0 Å². The van der Waals surface area contributed by atoms with Gasteiger partial charge >= 0.3 is 0 Å². The third kappa shape index (κ3) is 1.16. The van der Waals surface area contributed by atoms with Crippen molar-refractivity contribution in [3.05, 3.63) is 48.0 Å². The van der Waals surface area contributed by atoms with Crippen LogP contribution in [-0.4, -0.2) is 0 Å². The molecule has 0 radical (unpaired) electrons. The molecule has 3 aliphatic carbocycles. The summed E-state index contributed by atoms with van der Waals surface area (Å²) in [6.07, 6.45) is 7.23. The van der Waals surface area contributed by atoms with Gasteiger partial charge in [-0.15, -0.1) is 0 Å². The number of hydrogen-bond donors (Lipinski definition) is 0. The molecule has 2 aromatic rings. The van der Waals surface area contributed by atoms with Gasteiger partial charge < -0.3 is 0 Å². The molecule has 94 valence electrons. The van der Waals surface area contributed by atoms with Crippen LogP contribution < -0.4 is 0 Å². The number of rotatable bonds is 1. The lowest BCUT2D eigenvalue weighted by Gasteiger charge is -2.35. The van der Waals surface area contributed by atoms with Crippen LogP contribution in [0, 0.1) is 5.92 Å². The van der Waals surface area contributed by atoms with Gasteiger partial charge in [-0.1, -0.05) is 42.5 Å². The van der Waals surface area contributed by atoms with E-state index in [-0.39, 0.29) is 0 Å². The minimum Gasteiger partial charge on any atom is -0.0616 e. The molecule has 5 rings (SSSR count). The minimum atomic E-state index is 0.531. The van der Waals surface area contributed by atoms with Gasteiger partial charge in [-0.05, 0) is 71.3 Å². The maximum absolute atomic E-state index is 2.42. The second-order valence-corrected chi connectivity index (χ2v) is 6.70. The maximum atomic E-state index is 2.42. The van der Waals surface area contributed by atoms with E-state index in [1.54, 1.807) is 11.1 Å². The third-order valence-electron chi connectivity index (χ3n) is 5.86. The normalized spacial score (nSPS) is 29.8. The summed E-state index contributed by atoms with van der Waals surface area (Å²) in [5, 5.41) is 0. The van der Waals surface area contributed by atoms with Crippen LogP contribution in [0.25, 0.3) is 22.3 Å². The Morgan fingerprint density at radius 1 is 0.789 bits per heavy atom. The molecule has 0 N–H and O–H groups in total. The van der Waals surface area contributed by atoms with Gasteiger partial charge in [0.05, 0.1) is 0 Å². The van der Waals surface area contributed by atoms with Gasteiger partial charge in [0.1, 0.15) is 0 Å². The Morgan fingerprint density at radius 3 is 2.26 bits per heavy atom. The quantitative estimate of drug-likeness (QED) is 0.556. The van der Waals surface area contributed by atoms with Crippen LogP contribution in [0.4, 0.5) is 0 Å². The van der Waals surface area contributed by atoms with Crippen LogP contribution in [0.2, 0.25) is 0 Å². The van der Waals surface area contributed by atoms with Crippen molar-refractivity contribution in [1.82, 2.24) is 0 Å². The van der Waals surface area contributed by atoms with Crippen molar-refractivity contribution >= 4 is 0 Å². The molecule has 0 heteroatoms. The average Bonchev–Trinajstić information content (AvgIpc) is 3.06. The summed E-state index contributed by atoms with van der Waals surface area (Å²) in [4.78, 5) is 0. The highest BCUT2D eigenvalue weighted by Gasteiger charge is 2.47. The molecule has 0 saturated heterocycles. The van der Waals surface area contributed by atoms with Crippen molar-refractivity contribution < 1.29 is 0 Å². The van der Waals surface area contributed by atoms with Gasteiger partial charge in [0.25, 0.3) is 0 Å². The topological polar surface area (TPSA) is 0 Å². The number of fused-ring (bicyclic) bond motifs is 6. The highest BCUT2D eigenvalue weighted by molar-refractivity contribution is 6.04. The fourth-order valence-electron chi connectivity index (χ4n) is 4.95.